The Morgan fingerprint density at radius 1 is 0.714 bits per heavy atom. The van der Waals surface area contributed by atoms with Crippen LogP contribution >= 0.6 is 7.14 Å². The molecular formula is C25H27O2P. The van der Waals surface area contributed by atoms with Crippen LogP contribution in [-0.4, -0.2) is 5.52 Å². The summed E-state index contributed by atoms with van der Waals surface area (Å²) in [4.78, 5) is 14.0. The number of rotatable bonds is 7. The number of aryl methyl sites for hydroxylation is 3. The zero-order chi connectivity index (χ0) is 20.1. The molecule has 0 unspecified atom stereocenters. The van der Waals surface area contributed by atoms with Gasteiger partial charge >= 0.3 is 0 Å². The van der Waals surface area contributed by atoms with E-state index in [1.165, 1.54) is 5.56 Å². The van der Waals surface area contributed by atoms with Crippen LogP contribution in [0.25, 0.3) is 0 Å². The quantitative estimate of drug-likeness (QED) is 0.497. The Morgan fingerprint density at radius 3 is 1.50 bits per heavy atom. The van der Waals surface area contributed by atoms with Crippen molar-refractivity contribution in [3.63, 3.8) is 0 Å². The first-order valence-corrected chi connectivity index (χ1v) is 11.7. The maximum Gasteiger partial charge on any atom is 0.230 e. The van der Waals surface area contributed by atoms with Gasteiger partial charge in [-0.2, -0.15) is 0 Å². The van der Waals surface area contributed by atoms with Gasteiger partial charge in [-0.1, -0.05) is 93.6 Å². The van der Waals surface area contributed by atoms with Crippen molar-refractivity contribution in [2.45, 2.75) is 40.0 Å². The Kier molecular flexibility index (Phi) is 6.31. The zero-order valence-electron chi connectivity index (χ0n) is 16.8. The molecule has 0 N–H and O–H groups in total. The van der Waals surface area contributed by atoms with Crippen molar-refractivity contribution in [2.75, 3.05) is 0 Å². The zero-order valence-corrected chi connectivity index (χ0v) is 17.7. The van der Waals surface area contributed by atoms with Gasteiger partial charge in [0.05, 0.1) is 0 Å². The summed E-state index contributed by atoms with van der Waals surface area (Å²) < 4.78 is 14.5. The van der Waals surface area contributed by atoms with Crippen molar-refractivity contribution in [1.29, 1.82) is 0 Å². The van der Waals surface area contributed by atoms with Gasteiger partial charge in [-0.25, -0.2) is 0 Å². The van der Waals surface area contributed by atoms with E-state index in [1.807, 2.05) is 60.7 Å². The first-order valence-electron chi connectivity index (χ1n) is 9.97. The lowest BCUT2D eigenvalue weighted by Gasteiger charge is -2.22. The summed E-state index contributed by atoms with van der Waals surface area (Å²) in [5, 5.41) is 1.18. The van der Waals surface area contributed by atoms with Crippen molar-refractivity contribution < 1.29 is 9.36 Å². The van der Waals surface area contributed by atoms with E-state index < -0.39 is 7.14 Å². The first kappa shape index (κ1) is 20.3. The molecule has 0 aromatic heterocycles. The maximum atomic E-state index is 14.5. The number of benzene rings is 3. The molecule has 0 radical (unpaired) electrons. The smallest absolute Gasteiger partial charge is 0.230 e. The van der Waals surface area contributed by atoms with Crippen molar-refractivity contribution in [3.05, 3.63) is 95.1 Å². The molecule has 0 saturated carbocycles. The van der Waals surface area contributed by atoms with Crippen molar-refractivity contribution in [2.24, 2.45) is 0 Å². The number of carbonyl (C=O) groups is 1. The molecule has 144 valence electrons. The minimum Gasteiger partial charge on any atom is -0.305 e. The topological polar surface area (TPSA) is 34.1 Å². The minimum absolute atomic E-state index is 0.249. The molecule has 0 spiro atoms. The van der Waals surface area contributed by atoms with E-state index in [4.69, 9.17) is 0 Å². The lowest BCUT2D eigenvalue weighted by molar-refractivity contribution is 0.107. The third-order valence-electron chi connectivity index (χ3n) is 5.27. The fourth-order valence-electron chi connectivity index (χ4n) is 3.69. The molecule has 0 aliphatic heterocycles. The van der Waals surface area contributed by atoms with Gasteiger partial charge in [0.1, 0.15) is 0 Å². The predicted octanol–water partition coefficient (Wildman–Crippen LogP) is 5.53. The Balaban J connectivity index is 2.29. The summed E-state index contributed by atoms with van der Waals surface area (Å²) in [6.07, 6.45) is 2.40. The standard InChI is InChI=1S/C25H27O2P/c1-4-19-17-20(5-2)24(21(6-3)18-19)25(26)28(27,22-13-9-7-10-14-22)23-15-11-8-12-16-23/h7-18H,4-6H2,1-3H3. The van der Waals surface area contributed by atoms with Crippen LogP contribution in [0.1, 0.15) is 47.8 Å². The van der Waals surface area contributed by atoms with Crippen LogP contribution in [0.2, 0.25) is 0 Å². The van der Waals surface area contributed by atoms with Crippen molar-refractivity contribution in [3.8, 4) is 0 Å². The Morgan fingerprint density at radius 2 is 1.14 bits per heavy atom. The molecule has 3 rings (SSSR count). The average molecular weight is 390 g/mol. The molecule has 2 nitrogen and oxygen atoms in total. The molecule has 0 fully saturated rings. The van der Waals surface area contributed by atoms with Gasteiger partial charge in [-0.15, -0.1) is 0 Å². The lowest BCUT2D eigenvalue weighted by Crippen LogP contribution is -2.24. The van der Waals surface area contributed by atoms with Crippen molar-refractivity contribution >= 4 is 23.3 Å². The van der Waals surface area contributed by atoms with E-state index >= 15 is 0 Å². The summed E-state index contributed by atoms with van der Waals surface area (Å²) in [5.41, 5.74) is 3.61. The molecule has 28 heavy (non-hydrogen) atoms. The van der Waals surface area contributed by atoms with Gasteiger partial charge in [-0.05, 0) is 36.0 Å². The highest BCUT2D eigenvalue weighted by Gasteiger charge is 2.38. The van der Waals surface area contributed by atoms with E-state index in [9.17, 15) is 9.36 Å². The molecule has 0 aliphatic rings. The lowest BCUT2D eigenvalue weighted by atomic mass is 9.94. The molecule has 3 aromatic rings. The van der Waals surface area contributed by atoms with Gasteiger partial charge in [0.2, 0.25) is 12.7 Å². The van der Waals surface area contributed by atoms with E-state index in [0.29, 0.717) is 16.2 Å². The van der Waals surface area contributed by atoms with E-state index in [2.05, 4.69) is 32.9 Å². The molecular weight excluding hydrogens is 363 g/mol. The second kappa shape index (κ2) is 8.71. The van der Waals surface area contributed by atoms with E-state index in [1.54, 1.807) is 0 Å². The summed E-state index contributed by atoms with van der Waals surface area (Å²) in [5.74, 6) is 0. The van der Waals surface area contributed by atoms with E-state index in [-0.39, 0.29) is 5.52 Å². The van der Waals surface area contributed by atoms with Gasteiger partial charge in [-0.3, -0.25) is 4.79 Å². The Bertz CT molecular complexity index is 939. The van der Waals surface area contributed by atoms with Crippen LogP contribution in [0, 0.1) is 0 Å². The van der Waals surface area contributed by atoms with Gasteiger partial charge < -0.3 is 4.57 Å². The second-order valence-corrected chi connectivity index (χ2v) is 9.59. The van der Waals surface area contributed by atoms with Crippen LogP contribution in [0.4, 0.5) is 0 Å². The van der Waals surface area contributed by atoms with Crippen LogP contribution in [0.5, 0.6) is 0 Å². The number of hydrogen-bond acceptors (Lipinski definition) is 2. The van der Waals surface area contributed by atoms with Gasteiger partial charge in [0.15, 0.2) is 0 Å². The summed E-state index contributed by atoms with van der Waals surface area (Å²) in [6, 6.07) is 22.6. The Hall–Kier alpha value is -2.44. The highest BCUT2D eigenvalue weighted by atomic mass is 31.2. The molecule has 3 heteroatoms. The van der Waals surface area contributed by atoms with E-state index in [0.717, 1.165) is 30.4 Å². The molecule has 0 amide bonds. The van der Waals surface area contributed by atoms with Gasteiger partial charge in [0, 0.05) is 16.2 Å². The monoisotopic (exact) mass is 390 g/mol. The Labute approximate surface area is 168 Å². The second-order valence-electron chi connectivity index (χ2n) is 6.94. The third-order valence-corrected chi connectivity index (χ3v) is 8.12. The van der Waals surface area contributed by atoms with Crippen LogP contribution in [0.3, 0.4) is 0 Å². The molecule has 3 aromatic carbocycles. The maximum absolute atomic E-state index is 14.5. The largest absolute Gasteiger partial charge is 0.305 e. The third kappa shape index (κ3) is 3.62. The molecule has 0 atom stereocenters. The van der Waals surface area contributed by atoms with Crippen LogP contribution in [-0.2, 0) is 23.8 Å². The number of carbonyl (C=O) groups excluding carboxylic acids is 1. The summed E-state index contributed by atoms with van der Waals surface area (Å²) >= 11 is 0. The molecule has 0 saturated heterocycles. The number of hydrogen-bond donors (Lipinski definition) is 0. The minimum atomic E-state index is -3.48. The van der Waals surface area contributed by atoms with Crippen LogP contribution in [0.15, 0.2) is 72.8 Å². The molecule has 0 heterocycles. The highest BCUT2D eigenvalue weighted by Crippen LogP contribution is 2.48. The average Bonchev–Trinajstić information content (AvgIpc) is 2.78. The van der Waals surface area contributed by atoms with Gasteiger partial charge in [0.25, 0.3) is 0 Å². The van der Waals surface area contributed by atoms with Crippen LogP contribution < -0.4 is 10.6 Å². The molecule has 0 bridgehead atoms. The fourth-order valence-corrected chi connectivity index (χ4v) is 6.25. The van der Waals surface area contributed by atoms with Crippen molar-refractivity contribution in [1.82, 2.24) is 0 Å². The fraction of sp³-hybridized carbons (Fsp3) is 0.240. The highest BCUT2D eigenvalue weighted by molar-refractivity contribution is 7.93. The summed E-state index contributed by atoms with van der Waals surface area (Å²) in [7, 11) is -3.48. The summed E-state index contributed by atoms with van der Waals surface area (Å²) in [6.45, 7) is 6.23. The first-order chi connectivity index (χ1) is 13.6. The molecule has 0 aliphatic carbocycles. The SMILES string of the molecule is CCc1cc(CC)c(C(=O)P(=O)(c2ccccc2)c2ccccc2)c(CC)c1. The normalized spacial score (nSPS) is 11.4. The predicted molar refractivity (Wildman–Crippen MR) is 119 cm³/mol.